The van der Waals surface area contributed by atoms with E-state index in [1.54, 1.807) is 12.1 Å². The van der Waals surface area contributed by atoms with E-state index in [-0.39, 0.29) is 11.7 Å². The third-order valence-corrected chi connectivity index (χ3v) is 7.95. The number of carbonyl (C=O) groups is 1. The van der Waals surface area contributed by atoms with Crippen LogP contribution in [-0.4, -0.2) is 21.4 Å². The molecule has 33 heavy (non-hydrogen) atoms. The molecule has 0 aromatic heterocycles. The average Bonchev–Trinajstić information content (AvgIpc) is 3.06. The minimum Gasteiger partial charge on any atom is -0.497 e. The summed E-state index contributed by atoms with van der Waals surface area (Å²) in [6.07, 6.45) is 2.90. The van der Waals surface area contributed by atoms with Crippen LogP contribution in [0.3, 0.4) is 0 Å². The Morgan fingerprint density at radius 3 is 2.48 bits per heavy atom. The summed E-state index contributed by atoms with van der Waals surface area (Å²) in [5.41, 5.74) is 3.08. The monoisotopic (exact) mass is 466 g/mol. The molecular weight excluding hydrogens is 443 g/mol. The lowest BCUT2D eigenvalue weighted by Gasteiger charge is -2.36. The van der Waals surface area contributed by atoms with Gasteiger partial charge in [-0.25, -0.2) is 12.8 Å². The third-order valence-electron chi connectivity index (χ3n) is 6.53. The summed E-state index contributed by atoms with van der Waals surface area (Å²) in [4.78, 5) is 12.4. The minimum absolute atomic E-state index is 0.0423. The topological polar surface area (TPSA) is 84.5 Å². The standard InChI is InChI=1S/C25H23FN2O4S/c1-32-19-8-9-22(21(26)15-19)33(30,31)28-18-13-17(12-16-6-3-2-4-7-16)23-20(14-18)25(10-5-11-25)24(29)27-23/h2-4,6-9,13-15,28H,5,10-12H2,1H3,(H,27,29). The van der Waals surface area contributed by atoms with Crippen LogP contribution in [0.25, 0.3) is 0 Å². The van der Waals surface area contributed by atoms with Gasteiger partial charge in [0.15, 0.2) is 0 Å². The van der Waals surface area contributed by atoms with Gasteiger partial charge in [-0.15, -0.1) is 0 Å². The molecule has 0 bridgehead atoms. The van der Waals surface area contributed by atoms with Crippen molar-refractivity contribution in [3.63, 3.8) is 0 Å². The van der Waals surface area contributed by atoms with Crippen LogP contribution in [0.2, 0.25) is 0 Å². The van der Waals surface area contributed by atoms with E-state index in [1.165, 1.54) is 19.2 Å². The smallest absolute Gasteiger partial charge is 0.264 e. The molecule has 1 fully saturated rings. The molecule has 2 N–H and O–H groups in total. The summed E-state index contributed by atoms with van der Waals surface area (Å²) < 4.78 is 48.0. The second-order valence-corrected chi connectivity index (χ2v) is 10.2. The number of carbonyl (C=O) groups excluding carboxylic acids is 1. The van der Waals surface area contributed by atoms with Crippen molar-refractivity contribution < 1.29 is 22.3 Å². The average molecular weight is 467 g/mol. The quantitative estimate of drug-likeness (QED) is 0.556. The predicted octanol–water partition coefficient (Wildman–Crippen LogP) is 4.60. The number of benzene rings is 3. The molecule has 1 heterocycles. The number of anilines is 2. The first kappa shape index (κ1) is 21.5. The SMILES string of the molecule is COc1ccc(S(=O)(=O)Nc2cc(Cc3ccccc3)c3c(c2)C2(CCC2)C(=O)N3)c(F)c1. The van der Waals surface area contributed by atoms with E-state index < -0.39 is 26.2 Å². The molecule has 6 nitrogen and oxygen atoms in total. The Morgan fingerprint density at radius 1 is 1.09 bits per heavy atom. The van der Waals surface area contributed by atoms with Gasteiger partial charge in [-0.2, -0.15) is 0 Å². The van der Waals surface area contributed by atoms with Crippen molar-refractivity contribution >= 4 is 27.3 Å². The largest absolute Gasteiger partial charge is 0.497 e. The second kappa shape index (κ2) is 7.88. The van der Waals surface area contributed by atoms with Gasteiger partial charge in [-0.3, -0.25) is 9.52 Å². The fourth-order valence-corrected chi connectivity index (χ4v) is 5.76. The molecule has 5 rings (SSSR count). The van der Waals surface area contributed by atoms with Crippen LogP contribution in [0.4, 0.5) is 15.8 Å². The first-order valence-electron chi connectivity index (χ1n) is 10.7. The van der Waals surface area contributed by atoms with Crippen LogP contribution in [-0.2, 0) is 26.7 Å². The number of hydrogen-bond donors (Lipinski definition) is 2. The van der Waals surface area contributed by atoms with Gasteiger partial charge in [0, 0.05) is 17.4 Å². The Labute approximate surface area is 191 Å². The molecule has 0 unspecified atom stereocenters. The van der Waals surface area contributed by atoms with E-state index in [2.05, 4.69) is 10.0 Å². The number of nitrogens with one attached hydrogen (secondary N) is 2. The maximum Gasteiger partial charge on any atom is 0.264 e. The van der Waals surface area contributed by atoms with Gasteiger partial charge in [0.05, 0.1) is 12.5 Å². The fourth-order valence-electron chi connectivity index (χ4n) is 4.66. The zero-order chi connectivity index (χ0) is 23.2. The molecule has 8 heteroatoms. The molecule has 0 radical (unpaired) electrons. The van der Waals surface area contributed by atoms with Crippen LogP contribution in [0.15, 0.2) is 65.6 Å². The van der Waals surface area contributed by atoms with E-state index in [9.17, 15) is 17.6 Å². The maximum atomic E-state index is 14.5. The zero-order valence-electron chi connectivity index (χ0n) is 18.0. The van der Waals surface area contributed by atoms with Gasteiger partial charge in [-0.1, -0.05) is 36.8 Å². The molecule has 1 aliphatic heterocycles. The number of ether oxygens (including phenoxy) is 1. The summed E-state index contributed by atoms with van der Waals surface area (Å²) in [5.74, 6) is -0.718. The number of sulfonamides is 1. The lowest BCUT2D eigenvalue weighted by atomic mass is 9.65. The van der Waals surface area contributed by atoms with Crippen LogP contribution in [0.1, 0.15) is 36.0 Å². The first-order chi connectivity index (χ1) is 15.8. The van der Waals surface area contributed by atoms with Gasteiger partial charge in [0.25, 0.3) is 10.0 Å². The lowest BCUT2D eigenvalue weighted by molar-refractivity contribution is -0.123. The van der Waals surface area contributed by atoms with E-state index in [1.807, 2.05) is 30.3 Å². The Kier molecular flexibility index (Phi) is 5.12. The zero-order valence-corrected chi connectivity index (χ0v) is 18.8. The number of methoxy groups -OCH3 is 1. The van der Waals surface area contributed by atoms with Crippen LogP contribution >= 0.6 is 0 Å². The fraction of sp³-hybridized carbons (Fsp3) is 0.240. The second-order valence-electron chi connectivity index (χ2n) is 8.51. The van der Waals surface area contributed by atoms with Crippen molar-refractivity contribution in [1.82, 2.24) is 0 Å². The highest BCUT2D eigenvalue weighted by molar-refractivity contribution is 7.92. The maximum absolute atomic E-state index is 14.5. The van der Waals surface area contributed by atoms with E-state index in [0.29, 0.717) is 12.1 Å². The van der Waals surface area contributed by atoms with Crippen LogP contribution in [0, 0.1) is 5.82 Å². The molecule has 2 aliphatic rings. The van der Waals surface area contributed by atoms with E-state index in [4.69, 9.17) is 4.74 Å². The van der Waals surface area contributed by atoms with Gasteiger partial charge in [0.1, 0.15) is 16.5 Å². The van der Waals surface area contributed by atoms with Crippen molar-refractivity contribution in [3.05, 3.63) is 83.2 Å². The van der Waals surface area contributed by atoms with Gasteiger partial charge >= 0.3 is 0 Å². The summed E-state index contributed by atoms with van der Waals surface area (Å²) >= 11 is 0. The van der Waals surface area contributed by atoms with Crippen molar-refractivity contribution in [3.8, 4) is 5.75 Å². The molecule has 3 aromatic carbocycles. The summed E-state index contributed by atoms with van der Waals surface area (Å²) in [6.45, 7) is 0. The number of amides is 1. The van der Waals surface area contributed by atoms with Crippen molar-refractivity contribution in [2.75, 3.05) is 17.1 Å². The van der Waals surface area contributed by atoms with Gasteiger partial charge < -0.3 is 10.1 Å². The van der Waals surface area contributed by atoms with Crippen molar-refractivity contribution in [1.29, 1.82) is 0 Å². The Morgan fingerprint density at radius 2 is 1.85 bits per heavy atom. The van der Waals surface area contributed by atoms with Gasteiger partial charge in [0.2, 0.25) is 5.91 Å². The molecule has 0 saturated heterocycles. The minimum atomic E-state index is -4.20. The van der Waals surface area contributed by atoms with Crippen molar-refractivity contribution in [2.45, 2.75) is 36.0 Å². The molecule has 0 atom stereocenters. The van der Waals surface area contributed by atoms with Gasteiger partial charge in [-0.05, 0) is 60.2 Å². The first-order valence-corrected chi connectivity index (χ1v) is 12.2. The molecule has 1 amide bonds. The summed E-state index contributed by atoms with van der Waals surface area (Å²) in [6, 6.07) is 16.8. The number of fused-ring (bicyclic) bond motifs is 2. The van der Waals surface area contributed by atoms with Crippen LogP contribution < -0.4 is 14.8 Å². The summed E-state index contributed by atoms with van der Waals surface area (Å²) in [5, 5.41) is 3.03. The molecule has 3 aromatic rings. The highest BCUT2D eigenvalue weighted by Crippen LogP contribution is 2.53. The van der Waals surface area contributed by atoms with E-state index in [0.717, 1.165) is 47.7 Å². The third kappa shape index (κ3) is 3.64. The molecular formula is C25H23FN2O4S. The highest BCUT2D eigenvalue weighted by atomic mass is 32.2. The Balaban J connectivity index is 1.57. The molecule has 1 saturated carbocycles. The highest BCUT2D eigenvalue weighted by Gasteiger charge is 2.51. The molecule has 1 aliphatic carbocycles. The number of rotatable bonds is 6. The number of halogens is 1. The normalized spacial score (nSPS) is 16.1. The van der Waals surface area contributed by atoms with Crippen LogP contribution in [0.5, 0.6) is 5.75 Å². The lowest BCUT2D eigenvalue weighted by Crippen LogP contribution is -2.40. The van der Waals surface area contributed by atoms with E-state index >= 15 is 0 Å². The predicted molar refractivity (Wildman–Crippen MR) is 124 cm³/mol. The Bertz CT molecular complexity index is 1350. The molecule has 170 valence electrons. The molecule has 1 spiro atoms. The number of hydrogen-bond acceptors (Lipinski definition) is 4. The van der Waals surface area contributed by atoms with Crippen molar-refractivity contribution in [2.24, 2.45) is 0 Å². The summed E-state index contributed by atoms with van der Waals surface area (Å²) in [7, 11) is -2.82. The Hall–Kier alpha value is -3.39.